The van der Waals surface area contributed by atoms with E-state index in [1.165, 1.54) is 22.9 Å². The van der Waals surface area contributed by atoms with Crippen LogP contribution in [0.15, 0.2) is 64.1 Å². The monoisotopic (exact) mass is 482 g/mol. The maximum Gasteiger partial charge on any atom is 0.239 e. The second-order valence-corrected chi connectivity index (χ2v) is 9.13. The van der Waals surface area contributed by atoms with Crippen molar-refractivity contribution < 1.29 is 4.79 Å². The Hall–Kier alpha value is -2.38. The average Bonchev–Trinajstić information content (AvgIpc) is 3.23. The molecule has 0 saturated carbocycles. The second kappa shape index (κ2) is 9.18. The van der Waals surface area contributed by atoms with Crippen molar-refractivity contribution in [1.82, 2.24) is 14.7 Å². The minimum atomic E-state index is 0.118. The largest absolute Gasteiger partial charge is 0.290 e. The summed E-state index contributed by atoms with van der Waals surface area (Å²) in [6.45, 7) is 5.34. The smallest absolute Gasteiger partial charge is 0.239 e. The van der Waals surface area contributed by atoms with Gasteiger partial charge in [0.1, 0.15) is 5.69 Å². The second-order valence-electron chi connectivity index (χ2n) is 7.27. The van der Waals surface area contributed by atoms with E-state index >= 15 is 0 Å². The normalized spacial score (nSPS) is 15.4. The Bertz CT molecular complexity index is 1080. The molecule has 2 aromatic carbocycles. The van der Waals surface area contributed by atoms with E-state index in [4.69, 9.17) is 10.1 Å². The number of carbonyl (C=O) groups is 1. The summed E-state index contributed by atoms with van der Waals surface area (Å²) in [6.07, 6.45) is 0.812. The highest BCUT2D eigenvalue weighted by Crippen LogP contribution is 2.29. The van der Waals surface area contributed by atoms with Gasteiger partial charge in [-0.3, -0.25) is 14.4 Å². The number of nitrogens with zero attached hydrogens (tertiary/aromatic N) is 4. The van der Waals surface area contributed by atoms with E-state index in [0.717, 1.165) is 33.1 Å². The van der Waals surface area contributed by atoms with Crippen molar-refractivity contribution >= 4 is 44.5 Å². The molecular formula is C23H23BrN4OS. The van der Waals surface area contributed by atoms with Crippen LogP contribution in [0.4, 0.5) is 5.69 Å². The van der Waals surface area contributed by atoms with E-state index in [9.17, 15) is 4.79 Å². The van der Waals surface area contributed by atoms with Crippen LogP contribution in [0.5, 0.6) is 0 Å². The van der Waals surface area contributed by atoms with Crippen LogP contribution in [0.2, 0.25) is 0 Å². The highest BCUT2D eigenvalue weighted by atomic mass is 79.9. The standard InChI is InChI=1S/C23H23BrN4OS/c1-16-22(17(2)28(26-16)14-19-8-10-20(24)11-9-19)25-23-27(21(29)15-30-23)13-12-18-6-4-3-5-7-18/h3-11H,12-15H2,1-2H3. The summed E-state index contributed by atoms with van der Waals surface area (Å²) in [7, 11) is 0. The molecule has 7 heteroatoms. The molecule has 3 aromatic rings. The van der Waals surface area contributed by atoms with Crippen molar-refractivity contribution in [3.8, 4) is 0 Å². The Morgan fingerprint density at radius 2 is 1.80 bits per heavy atom. The molecule has 0 atom stereocenters. The lowest BCUT2D eigenvalue weighted by Crippen LogP contribution is -2.31. The number of halogens is 1. The Morgan fingerprint density at radius 1 is 1.07 bits per heavy atom. The number of hydrogen-bond donors (Lipinski definition) is 0. The maximum atomic E-state index is 12.4. The molecule has 4 rings (SSSR count). The molecule has 0 radical (unpaired) electrons. The number of thioether (sulfide) groups is 1. The summed E-state index contributed by atoms with van der Waals surface area (Å²) in [5.41, 5.74) is 5.13. The van der Waals surface area contributed by atoms with Crippen molar-refractivity contribution in [1.29, 1.82) is 0 Å². The van der Waals surface area contributed by atoms with Gasteiger partial charge in [-0.15, -0.1) is 0 Å². The van der Waals surface area contributed by atoms with E-state index in [0.29, 0.717) is 18.8 Å². The van der Waals surface area contributed by atoms with Crippen LogP contribution in [-0.2, 0) is 17.8 Å². The molecule has 1 aromatic heterocycles. The van der Waals surface area contributed by atoms with Gasteiger partial charge >= 0.3 is 0 Å². The number of amidine groups is 1. The number of aryl methyl sites for hydroxylation is 1. The van der Waals surface area contributed by atoms with Crippen LogP contribution in [-0.4, -0.2) is 38.1 Å². The summed E-state index contributed by atoms with van der Waals surface area (Å²) < 4.78 is 3.04. The Kier molecular flexibility index (Phi) is 6.39. The minimum absolute atomic E-state index is 0.118. The molecule has 0 N–H and O–H groups in total. The Labute approximate surface area is 189 Å². The fraction of sp³-hybridized carbons (Fsp3) is 0.261. The first-order valence-corrected chi connectivity index (χ1v) is 11.6. The first-order valence-electron chi connectivity index (χ1n) is 9.85. The number of rotatable bonds is 6. The SMILES string of the molecule is Cc1nn(Cc2ccc(Br)cc2)c(C)c1N=C1SCC(=O)N1CCc1ccccc1. The van der Waals surface area contributed by atoms with Crippen LogP contribution in [0.25, 0.3) is 0 Å². The summed E-state index contributed by atoms with van der Waals surface area (Å²) in [5, 5.41) is 5.46. The van der Waals surface area contributed by atoms with Gasteiger partial charge in [0.25, 0.3) is 0 Å². The lowest BCUT2D eigenvalue weighted by molar-refractivity contribution is -0.124. The fourth-order valence-corrected chi connectivity index (χ4v) is 4.63. The molecule has 2 heterocycles. The van der Waals surface area contributed by atoms with Crippen molar-refractivity contribution in [3.63, 3.8) is 0 Å². The lowest BCUT2D eigenvalue weighted by Gasteiger charge is -2.16. The van der Waals surface area contributed by atoms with Gasteiger partial charge in [-0.05, 0) is 43.5 Å². The zero-order chi connectivity index (χ0) is 21.1. The van der Waals surface area contributed by atoms with Crippen LogP contribution in [0, 0.1) is 13.8 Å². The van der Waals surface area contributed by atoms with Gasteiger partial charge in [-0.25, -0.2) is 4.99 Å². The summed E-state index contributed by atoms with van der Waals surface area (Å²) in [5.74, 6) is 0.561. The molecule has 1 aliphatic heterocycles. The van der Waals surface area contributed by atoms with Gasteiger partial charge in [0.2, 0.25) is 5.91 Å². The molecule has 1 amide bonds. The summed E-state index contributed by atoms with van der Waals surface area (Å²) in [4.78, 5) is 19.1. The molecule has 30 heavy (non-hydrogen) atoms. The van der Waals surface area contributed by atoms with Crippen molar-refractivity contribution in [2.24, 2.45) is 4.99 Å². The van der Waals surface area contributed by atoms with Crippen LogP contribution in [0.3, 0.4) is 0 Å². The molecule has 154 valence electrons. The van der Waals surface area contributed by atoms with E-state index in [1.807, 2.05) is 53.8 Å². The number of amides is 1. The molecule has 1 aliphatic rings. The molecule has 0 spiro atoms. The molecular weight excluding hydrogens is 460 g/mol. The fourth-order valence-electron chi connectivity index (χ4n) is 3.45. The van der Waals surface area contributed by atoms with E-state index < -0.39 is 0 Å². The third kappa shape index (κ3) is 4.68. The van der Waals surface area contributed by atoms with E-state index in [1.54, 1.807) is 0 Å². The van der Waals surface area contributed by atoms with Gasteiger partial charge in [-0.1, -0.05) is 70.2 Å². The van der Waals surface area contributed by atoms with Gasteiger partial charge in [-0.2, -0.15) is 5.10 Å². The Balaban J connectivity index is 1.54. The van der Waals surface area contributed by atoms with Gasteiger partial charge in [0.15, 0.2) is 5.17 Å². The third-order valence-corrected chi connectivity index (χ3v) is 6.61. The molecule has 0 aliphatic carbocycles. The molecule has 0 bridgehead atoms. The number of benzene rings is 2. The molecule has 5 nitrogen and oxygen atoms in total. The van der Waals surface area contributed by atoms with Crippen LogP contribution in [0.1, 0.15) is 22.5 Å². The third-order valence-electron chi connectivity index (χ3n) is 5.12. The maximum absolute atomic E-state index is 12.4. The minimum Gasteiger partial charge on any atom is -0.290 e. The quantitative estimate of drug-likeness (QED) is 0.489. The van der Waals surface area contributed by atoms with Crippen molar-refractivity contribution in [2.45, 2.75) is 26.8 Å². The highest BCUT2D eigenvalue weighted by Gasteiger charge is 2.28. The van der Waals surface area contributed by atoms with Crippen LogP contribution < -0.4 is 0 Å². The zero-order valence-electron chi connectivity index (χ0n) is 17.0. The average molecular weight is 483 g/mol. The first-order chi connectivity index (χ1) is 14.5. The molecule has 1 fully saturated rings. The van der Waals surface area contributed by atoms with Gasteiger partial charge in [0, 0.05) is 11.0 Å². The van der Waals surface area contributed by atoms with Crippen molar-refractivity contribution in [2.75, 3.05) is 12.3 Å². The summed E-state index contributed by atoms with van der Waals surface area (Å²) >= 11 is 4.98. The number of aromatic nitrogens is 2. The van der Waals surface area contributed by atoms with Gasteiger partial charge in [0.05, 0.1) is 23.7 Å². The van der Waals surface area contributed by atoms with E-state index in [2.05, 4.69) is 40.2 Å². The van der Waals surface area contributed by atoms with Crippen molar-refractivity contribution in [3.05, 3.63) is 81.6 Å². The topological polar surface area (TPSA) is 50.5 Å². The lowest BCUT2D eigenvalue weighted by atomic mass is 10.1. The molecule has 0 unspecified atom stereocenters. The number of hydrogen-bond acceptors (Lipinski definition) is 4. The van der Waals surface area contributed by atoms with E-state index in [-0.39, 0.29) is 5.91 Å². The number of carbonyl (C=O) groups excluding carboxylic acids is 1. The Morgan fingerprint density at radius 3 is 2.53 bits per heavy atom. The highest BCUT2D eigenvalue weighted by molar-refractivity contribution is 9.10. The van der Waals surface area contributed by atoms with Gasteiger partial charge < -0.3 is 0 Å². The first kappa shape index (κ1) is 20.9. The predicted molar refractivity (Wildman–Crippen MR) is 126 cm³/mol. The molecule has 1 saturated heterocycles. The van der Waals surface area contributed by atoms with Crippen LogP contribution >= 0.6 is 27.7 Å². The number of aliphatic imine (C=N–C) groups is 1. The summed E-state index contributed by atoms with van der Waals surface area (Å²) in [6, 6.07) is 18.5. The predicted octanol–water partition coefficient (Wildman–Crippen LogP) is 5.12. The zero-order valence-corrected chi connectivity index (χ0v) is 19.4.